The van der Waals surface area contributed by atoms with Crippen LogP contribution in [0.4, 0.5) is 11.7 Å². The first kappa shape index (κ1) is 15.3. The van der Waals surface area contributed by atoms with E-state index in [4.69, 9.17) is 9.15 Å². The number of hydrogen-bond donors (Lipinski definition) is 2. The SMILES string of the molecule is CCCNC(C)c1nnc(Nc2cccc(OCC)c2)o1. The number of benzene rings is 1. The average Bonchev–Trinajstić information content (AvgIpc) is 2.94. The molecule has 0 amide bonds. The summed E-state index contributed by atoms with van der Waals surface area (Å²) < 4.78 is 11.1. The van der Waals surface area contributed by atoms with Crippen LogP contribution >= 0.6 is 0 Å². The molecule has 1 heterocycles. The summed E-state index contributed by atoms with van der Waals surface area (Å²) >= 11 is 0. The quantitative estimate of drug-likeness (QED) is 0.777. The van der Waals surface area contributed by atoms with Crippen LogP contribution in [0.25, 0.3) is 0 Å². The van der Waals surface area contributed by atoms with Gasteiger partial charge in [-0.2, -0.15) is 0 Å². The van der Waals surface area contributed by atoms with E-state index in [2.05, 4.69) is 27.8 Å². The molecule has 2 rings (SSSR count). The zero-order valence-electron chi connectivity index (χ0n) is 12.7. The topological polar surface area (TPSA) is 72.2 Å². The van der Waals surface area contributed by atoms with Gasteiger partial charge in [-0.3, -0.25) is 0 Å². The van der Waals surface area contributed by atoms with Gasteiger partial charge in [0.05, 0.1) is 12.6 Å². The van der Waals surface area contributed by atoms with Crippen LogP contribution in [0.2, 0.25) is 0 Å². The van der Waals surface area contributed by atoms with E-state index in [1.54, 1.807) is 0 Å². The number of aromatic nitrogens is 2. The molecule has 0 fully saturated rings. The second kappa shape index (κ2) is 7.64. The molecule has 1 atom stereocenters. The van der Waals surface area contributed by atoms with Crippen molar-refractivity contribution in [3.63, 3.8) is 0 Å². The second-order valence-corrected chi connectivity index (χ2v) is 4.71. The lowest BCUT2D eigenvalue weighted by Gasteiger charge is -2.08. The van der Waals surface area contributed by atoms with Crippen LogP contribution < -0.4 is 15.4 Å². The third kappa shape index (κ3) is 4.46. The van der Waals surface area contributed by atoms with Crippen LogP contribution in [0.15, 0.2) is 28.7 Å². The average molecular weight is 290 g/mol. The van der Waals surface area contributed by atoms with Crippen LogP contribution in [-0.4, -0.2) is 23.3 Å². The van der Waals surface area contributed by atoms with Crippen molar-refractivity contribution in [2.24, 2.45) is 0 Å². The van der Waals surface area contributed by atoms with Crippen molar-refractivity contribution in [1.29, 1.82) is 0 Å². The van der Waals surface area contributed by atoms with Gasteiger partial charge in [-0.15, -0.1) is 5.10 Å². The summed E-state index contributed by atoms with van der Waals surface area (Å²) in [4.78, 5) is 0. The van der Waals surface area contributed by atoms with E-state index < -0.39 is 0 Å². The van der Waals surface area contributed by atoms with Crippen molar-refractivity contribution >= 4 is 11.7 Å². The molecule has 21 heavy (non-hydrogen) atoms. The highest BCUT2D eigenvalue weighted by molar-refractivity contribution is 5.54. The van der Waals surface area contributed by atoms with Crippen molar-refractivity contribution < 1.29 is 9.15 Å². The van der Waals surface area contributed by atoms with Gasteiger partial charge in [0.2, 0.25) is 5.89 Å². The van der Waals surface area contributed by atoms with E-state index in [1.165, 1.54) is 0 Å². The van der Waals surface area contributed by atoms with E-state index in [0.717, 1.165) is 24.4 Å². The second-order valence-electron chi connectivity index (χ2n) is 4.71. The van der Waals surface area contributed by atoms with Crippen LogP contribution in [0.1, 0.15) is 39.1 Å². The first-order chi connectivity index (χ1) is 10.2. The van der Waals surface area contributed by atoms with E-state index in [-0.39, 0.29) is 6.04 Å². The fraction of sp³-hybridized carbons (Fsp3) is 0.467. The zero-order valence-corrected chi connectivity index (χ0v) is 12.7. The molecule has 0 aliphatic carbocycles. The Kier molecular flexibility index (Phi) is 5.57. The van der Waals surface area contributed by atoms with E-state index >= 15 is 0 Å². The lowest BCUT2D eigenvalue weighted by atomic mass is 10.3. The molecule has 1 aromatic heterocycles. The number of anilines is 2. The minimum absolute atomic E-state index is 0.0442. The Bertz CT molecular complexity index is 556. The Labute approximate surface area is 124 Å². The van der Waals surface area contributed by atoms with Gasteiger partial charge in [0.25, 0.3) is 0 Å². The lowest BCUT2D eigenvalue weighted by Crippen LogP contribution is -2.19. The fourth-order valence-corrected chi connectivity index (χ4v) is 1.86. The van der Waals surface area contributed by atoms with Gasteiger partial charge in [-0.25, -0.2) is 0 Å². The number of nitrogens with one attached hydrogen (secondary N) is 2. The van der Waals surface area contributed by atoms with Gasteiger partial charge in [0.15, 0.2) is 0 Å². The standard InChI is InChI=1S/C15H22N4O2/c1-4-9-16-11(3)14-18-19-15(21-14)17-12-7-6-8-13(10-12)20-5-2/h6-8,10-11,16H,4-5,9H2,1-3H3,(H,17,19). The Balaban J connectivity index is 2.00. The molecule has 1 aromatic carbocycles. The summed E-state index contributed by atoms with van der Waals surface area (Å²) in [5, 5.41) is 14.5. The number of nitrogens with zero attached hydrogens (tertiary/aromatic N) is 2. The molecule has 6 nitrogen and oxygen atoms in total. The summed E-state index contributed by atoms with van der Waals surface area (Å²) in [7, 11) is 0. The highest BCUT2D eigenvalue weighted by atomic mass is 16.5. The van der Waals surface area contributed by atoms with Gasteiger partial charge in [-0.05, 0) is 38.9 Å². The molecule has 0 aliphatic rings. The highest BCUT2D eigenvalue weighted by Crippen LogP contribution is 2.22. The van der Waals surface area contributed by atoms with Gasteiger partial charge < -0.3 is 19.8 Å². The molecule has 1 unspecified atom stereocenters. The molecule has 0 saturated heterocycles. The first-order valence-electron chi connectivity index (χ1n) is 7.29. The maximum atomic E-state index is 5.61. The van der Waals surface area contributed by atoms with Gasteiger partial charge in [-0.1, -0.05) is 18.1 Å². The molecule has 6 heteroatoms. The Morgan fingerprint density at radius 3 is 2.90 bits per heavy atom. The molecule has 0 bridgehead atoms. The van der Waals surface area contributed by atoms with E-state index in [9.17, 15) is 0 Å². The summed E-state index contributed by atoms with van der Waals surface area (Å²) in [6, 6.07) is 8.06. The molecule has 2 N–H and O–H groups in total. The summed E-state index contributed by atoms with van der Waals surface area (Å²) in [5.41, 5.74) is 0.852. The van der Waals surface area contributed by atoms with Crippen molar-refractivity contribution in [1.82, 2.24) is 15.5 Å². The first-order valence-corrected chi connectivity index (χ1v) is 7.29. The molecule has 0 saturated carbocycles. The largest absolute Gasteiger partial charge is 0.494 e. The minimum atomic E-state index is 0.0442. The monoisotopic (exact) mass is 290 g/mol. The Morgan fingerprint density at radius 1 is 1.29 bits per heavy atom. The van der Waals surface area contributed by atoms with Crippen molar-refractivity contribution in [3.8, 4) is 5.75 Å². The van der Waals surface area contributed by atoms with Gasteiger partial charge in [0.1, 0.15) is 5.75 Å². The summed E-state index contributed by atoms with van der Waals surface area (Å²) in [5.74, 6) is 1.38. The predicted octanol–water partition coefficient (Wildman–Crippen LogP) is 3.27. The van der Waals surface area contributed by atoms with Gasteiger partial charge in [0, 0.05) is 11.8 Å². The third-order valence-electron chi connectivity index (χ3n) is 2.91. The van der Waals surface area contributed by atoms with Crippen LogP contribution in [0, 0.1) is 0 Å². The van der Waals surface area contributed by atoms with Crippen LogP contribution in [-0.2, 0) is 0 Å². The molecule has 0 spiro atoms. The Hall–Kier alpha value is -2.08. The number of ether oxygens (including phenoxy) is 1. The van der Waals surface area contributed by atoms with Crippen molar-refractivity contribution in [2.45, 2.75) is 33.2 Å². The zero-order chi connectivity index (χ0) is 15.1. The van der Waals surface area contributed by atoms with Gasteiger partial charge >= 0.3 is 6.01 Å². The molecule has 0 aliphatic heterocycles. The normalized spacial score (nSPS) is 12.1. The molecular weight excluding hydrogens is 268 g/mol. The molecule has 2 aromatic rings. The van der Waals surface area contributed by atoms with Crippen LogP contribution in [0.3, 0.4) is 0 Å². The lowest BCUT2D eigenvalue weighted by molar-refractivity contribution is 0.340. The third-order valence-corrected chi connectivity index (χ3v) is 2.91. The smallest absolute Gasteiger partial charge is 0.320 e. The highest BCUT2D eigenvalue weighted by Gasteiger charge is 2.13. The van der Waals surface area contributed by atoms with E-state index in [1.807, 2.05) is 38.1 Å². The van der Waals surface area contributed by atoms with Crippen molar-refractivity contribution in [2.75, 3.05) is 18.5 Å². The predicted molar refractivity (Wildman–Crippen MR) is 81.9 cm³/mol. The number of hydrogen-bond acceptors (Lipinski definition) is 6. The maximum Gasteiger partial charge on any atom is 0.320 e. The van der Waals surface area contributed by atoms with E-state index in [0.29, 0.717) is 18.5 Å². The summed E-state index contributed by atoms with van der Waals surface area (Å²) in [6.07, 6.45) is 1.06. The molecule has 114 valence electrons. The Morgan fingerprint density at radius 2 is 2.14 bits per heavy atom. The minimum Gasteiger partial charge on any atom is -0.494 e. The molecular formula is C15H22N4O2. The number of rotatable bonds is 8. The van der Waals surface area contributed by atoms with Crippen molar-refractivity contribution in [3.05, 3.63) is 30.2 Å². The molecule has 0 radical (unpaired) electrons. The summed E-state index contributed by atoms with van der Waals surface area (Å²) in [6.45, 7) is 7.63. The fourth-order valence-electron chi connectivity index (χ4n) is 1.86. The van der Waals surface area contributed by atoms with Crippen LogP contribution in [0.5, 0.6) is 5.75 Å². The maximum absolute atomic E-state index is 5.61.